The van der Waals surface area contributed by atoms with E-state index in [1.807, 2.05) is 17.5 Å². The van der Waals surface area contributed by atoms with Crippen LogP contribution in [0.2, 0.25) is 0 Å². The molecule has 1 aliphatic heterocycles. The molecule has 0 aromatic carbocycles. The number of piperazine rings is 1. The second-order valence-electron chi connectivity index (χ2n) is 12.8. The zero-order valence-corrected chi connectivity index (χ0v) is 25.8. The van der Waals surface area contributed by atoms with Crippen LogP contribution in [0.3, 0.4) is 0 Å². The highest BCUT2D eigenvalue weighted by molar-refractivity contribution is 7.12. The number of fused-ring (bicyclic) bond motifs is 1. The van der Waals surface area contributed by atoms with Crippen molar-refractivity contribution in [3.8, 4) is 0 Å². The topological polar surface area (TPSA) is 43.9 Å². The van der Waals surface area contributed by atoms with E-state index in [-0.39, 0.29) is 5.91 Å². The van der Waals surface area contributed by atoms with Crippen molar-refractivity contribution in [2.24, 2.45) is 17.3 Å². The number of thiophene rings is 1. The van der Waals surface area contributed by atoms with Crippen LogP contribution in [-0.4, -0.2) is 72.3 Å². The summed E-state index contributed by atoms with van der Waals surface area (Å²) >= 11 is 1.54. The lowest BCUT2D eigenvalue weighted by Gasteiger charge is -2.57. The number of unbranched alkanes of at least 4 members (excludes halogenated alkanes) is 8. The summed E-state index contributed by atoms with van der Waals surface area (Å²) in [5.74, 6) is 1.93. The van der Waals surface area contributed by atoms with Crippen molar-refractivity contribution in [1.29, 1.82) is 0 Å². The van der Waals surface area contributed by atoms with Crippen molar-refractivity contribution in [1.82, 2.24) is 14.7 Å². The lowest BCUT2D eigenvalue weighted by Crippen LogP contribution is -2.52. The Morgan fingerprint density at radius 3 is 2.31 bits per heavy atom. The van der Waals surface area contributed by atoms with Gasteiger partial charge in [0.1, 0.15) is 0 Å². The van der Waals surface area contributed by atoms with Gasteiger partial charge < -0.3 is 9.80 Å². The lowest BCUT2D eigenvalue weighted by molar-refractivity contribution is -0.133. The first-order valence-electron chi connectivity index (χ1n) is 15.9. The Labute approximate surface area is 242 Å². The second kappa shape index (κ2) is 14.8. The van der Waals surface area contributed by atoms with Crippen molar-refractivity contribution in [3.63, 3.8) is 0 Å². The van der Waals surface area contributed by atoms with Crippen LogP contribution in [0.15, 0.2) is 29.2 Å². The summed E-state index contributed by atoms with van der Waals surface area (Å²) in [6, 6.07) is 3.93. The SMILES string of the molecule is CCCCCCCCCCCC(=O)N1CCN(CCN(CC2=CCC3CC2C3(C)C)C(=O)c2cccs2)CC1. The molecule has 218 valence electrons. The molecule has 5 rings (SSSR count). The van der Waals surface area contributed by atoms with Crippen molar-refractivity contribution < 1.29 is 9.59 Å². The van der Waals surface area contributed by atoms with Crippen LogP contribution in [-0.2, 0) is 4.79 Å². The fourth-order valence-electron chi connectivity index (χ4n) is 6.91. The van der Waals surface area contributed by atoms with E-state index in [2.05, 4.69) is 41.5 Å². The molecule has 3 aliphatic carbocycles. The van der Waals surface area contributed by atoms with Crippen LogP contribution in [0.25, 0.3) is 0 Å². The van der Waals surface area contributed by atoms with E-state index in [9.17, 15) is 9.59 Å². The number of amides is 2. The Bertz CT molecular complexity index is 933. The molecule has 1 aromatic rings. The first kappa shape index (κ1) is 30.3. The first-order valence-corrected chi connectivity index (χ1v) is 16.8. The molecule has 5 nitrogen and oxygen atoms in total. The maximum atomic E-state index is 13.4. The van der Waals surface area contributed by atoms with Crippen LogP contribution in [0, 0.1) is 17.3 Å². The summed E-state index contributed by atoms with van der Waals surface area (Å²) in [5.41, 5.74) is 1.85. The first-order chi connectivity index (χ1) is 18.9. The third-order valence-electron chi connectivity index (χ3n) is 9.88. The summed E-state index contributed by atoms with van der Waals surface area (Å²) in [4.78, 5) is 33.6. The third-order valence-corrected chi connectivity index (χ3v) is 10.7. The van der Waals surface area contributed by atoms with Gasteiger partial charge in [-0.1, -0.05) is 89.9 Å². The molecule has 2 fully saturated rings. The van der Waals surface area contributed by atoms with E-state index in [0.29, 0.717) is 23.7 Å². The minimum absolute atomic E-state index is 0.167. The Morgan fingerprint density at radius 1 is 1.00 bits per heavy atom. The van der Waals surface area contributed by atoms with Gasteiger partial charge >= 0.3 is 0 Å². The average molecular weight is 556 g/mol. The van der Waals surface area contributed by atoms with Crippen LogP contribution in [0.5, 0.6) is 0 Å². The van der Waals surface area contributed by atoms with Crippen LogP contribution >= 0.6 is 11.3 Å². The molecule has 6 heteroatoms. The number of carbonyl (C=O) groups excluding carboxylic acids is 2. The zero-order chi connectivity index (χ0) is 27.7. The molecule has 2 bridgehead atoms. The molecule has 1 saturated heterocycles. The average Bonchev–Trinajstić information content (AvgIpc) is 3.49. The normalized spacial score (nSPS) is 22.3. The minimum Gasteiger partial charge on any atom is -0.340 e. The highest BCUT2D eigenvalue weighted by Gasteiger charge is 2.51. The van der Waals surface area contributed by atoms with Crippen LogP contribution in [0.1, 0.15) is 107 Å². The van der Waals surface area contributed by atoms with Gasteiger partial charge in [-0.25, -0.2) is 0 Å². The fourth-order valence-corrected chi connectivity index (χ4v) is 7.60. The van der Waals surface area contributed by atoms with E-state index >= 15 is 0 Å². The molecular weight excluding hydrogens is 502 g/mol. The van der Waals surface area contributed by atoms with Gasteiger partial charge in [0.15, 0.2) is 0 Å². The monoisotopic (exact) mass is 555 g/mol. The number of allylic oxidation sites excluding steroid dienone is 1. The quantitative estimate of drug-likeness (QED) is 0.159. The van der Waals surface area contributed by atoms with Gasteiger partial charge in [0.05, 0.1) is 4.88 Å². The molecule has 4 aliphatic rings. The highest BCUT2D eigenvalue weighted by Crippen LogP contribution is 2.59. The minimum atomic E-state index is 0.167. The Kier molecular flexibility index (Phi) is 11.5. The zero-order valence-electron chi connectivity index (χ0n) is 25.0. The van der Waals surface area contributed by atoms with Gasteiger partial charge in [-0.3, -0.25) is 14.5 Å². The van der Waals surface area contributed by atoms with E-state index in [1.165, 1.54) is 63.4 Å². The Hall–Kier alpha value is -1.66. The molecule has 1 saturated carbocycles. The number of rotatable bonds is 16. The predicted molar refractivity (Wildman–Crippen MR) is 163 cm³/mol. The van der Waals surface area contributed by atoms with Gasteiger partial charge in [-0.05, 0) is 48.0 Å². The van der Waals surface area contributed by atoms with Gasteiger partial charge in [0, 0.05) is 52.2 Å². The molecule has 2 heterocycles. The second-order valence-corrected chi connectivity index (χ2v) is 13.8. The van der Waals surface area contributed by atoms with Crippen molar-refractivity contribution >= 4 is 23.2 Å². The smallest absolute Gasteiger partial charge is 0.264 e. The number of hydrogen-bond acceptors (Lipinski definition) is 4. The van der Waals surface area contributed by atoms with Gasteiger partial charge in [-0.15, -0.1) is 11.3 Å². The van der Waals surface area contributed by atoms with E-state index in [1.54, 1.807) is 11.3 Å². The van der Waals surface area contributed by atoms with Crippen LogP contribution < -0.4 is 0 Å². The maximum Gasteiger partial charge on any atom is 0.264 e. The summed E-state index contributed by atoms with van der Waals surface area (Å²) in [6.45, 7) is 12.9. The third kappa shape index (κ3) is 8.19. The molecule has 1 aromatic heterocycles. The highest BCUT2D eigenvalue weighted by atomic mass is 32.1. The summed E-state index contributed by atoms with van der Waals surface area (Å²) < 4.78 is 0. The fraction of sp³-hybridized carbons (Fsp3) is 0.758. The van der Waals surface area contributed by atoms with E-state index in [0.717, 1.165) is 69.4 Å². The Morgan fingerprint density at radius 2 is 1.69 bits per heavy atom. The molecule has 2 unspecified atom stereocenters. The van der Waals surface area contributed by atoms with Crippen molar-refractivity contribution in [2.45, 2.75) is 97.8 Å². The molecule has 2 amide bonds. The maximum absolute atomic E-state index is 13.4. The predicted octanol–water partition coefficient (Wildman–Crippen LogP) is 7.25. The molecule has 0 radical (unpaired) electrons. The number of nitrogens with zero attached hydrogens (tertiary/aromatic N) is 3. The summed E-state index contributed by atoms with van der Waals surface area (Å²) in [6.07, 6.45) is 17.1. The largest absolute Gasteiger partial charge is 0.340 e. The van der Waals surface area contributed by atoms with Gasteiger partial charge in [0.2, 0.25) is 5.91 Å². The van der Waals surface area contributed by atoms with E-state index < -0.39 is 0 Å². The number of hydrogen-bond donors (Lipinski definition) is 0. The molecular formula is C33H53N3O2S. The summed E-state index contributed by atoms with van der Waals surface area (Å²) in [7, 11) is 0. The van der Waals surface area contributed by atoms with Crippen molar-refractivity contribution in [3.05, 3.63) is 34.0 Å². The number of carbonyl (C=O) groups is 2. The van der Waals surface area contributed by atoms with E-state index in [4.69, 9.17) is 0 Å². The Balaban J connectivity index is 1.17. The van der Waals surface area contributed by atoms with Gasteiger partial charge in [0.25, 0.3) is 5.91 Å². The molecule has 2 atom stereocenters. The molecule has 39 heavy (non-hydrogen) atoms. The standard InChI is InChI=1S/C33H53N3O2S/c1-4-5-6-7-8-9-10-11-12-15-31(37)35-21-18-34(19-22-35)20-23-36(32(38)30-14-13-24-39-30)26-27-16-17-28-25-29(27)33(28,2)3/h13-14,16,24,28-29H,4-12,15,17-23,25-26H2,1-3H3. The lowest BCUT2D eigenvalue weighted by atomic mass is 9.49. The van der Waals surface area contributed by atoms with Crippen molar-refractivity contribution in [2.75, 3.05) is 45.8 Å². The van der Waals surface area contributed by atoms with Crippen LogP contribution in [0.4, 0.5) is 0 Å². The van der Waals surface area contributed by atoms with Gasteiger partial charge in [-0.2, -0.15) is 0 Å². The molecule has 0 spiro atoms. The summed E-state index contributed by atoms with van der Waals surface area (Å²) in [5, 5.41) is 2.00. The molecule has 0 N–H and O–H groups in total.